The Bertz CT molecular complexity index is 241. The molecule has 0 spiro atoms. The molecule has 0 saturated carbocycles. The smallest absolute Gasteiger partial charge is 0.148 e. The third-order valence-corrected chi connectivity index (χ3v) is 0.799. The molecule has 0 rings (SSSR count). The molecule has 0 aliphatic heterocycles. The fourth-order valence-electron chi connectivity index (χ4n) is 0.323. The second kappa shape index (κ2) is 3.49. The summed E-state index contributed by atoms with van der Waals surface area (Å²) in [5.74, 6) is 1.72. The molecule has 0 aliphatic rings. The van der Waals surface area contributed by atoms with Gasteiger partial charge in [0.1, 0.15) is 5.60 Å². The van der Waals surface area contributed by atoms with Gasteiger partial charge in [0.25, 0.3) is 0 Å². The predicted octanol–water partition coefficient (Wildman–Crippen LogP) is 0.407. The summed E-state index contributed by atoms with van der Waals surface area (Å²) >= 11 is 0. The molecule has 0 saturated heterocycles. The van der Waals surface area contributed by atoms with Crippen LogP contribution in [0.25, 0.3) is 0 Å². The molecule has 0 radical (unpaired) electrons. The van der Waals surface area contributed by atoms with Gasteiger partial charge in [-0.2, -0.15) is 0 Å². The second-order valence-electron chi connectivity index (χ2n) is 1.56. The van der Waals surface area contributed by atoms with E-state index in [4.69, 9.17) is 13.3 Å². The number of rotatable bonds is 3. The van der Waals surface area contributed by atoms with Crippen LogP contribution in [-0.4, -0.2) is 24.4 Å². The van der Waals surface area contributed by atoms with Gasteiger partial charge in [0, 0.05) is 14.0 Å². The summed E-state index contributed by atoms with van der Waals surface area (Å²) in [5.41, 5.74) is -2.45. The molecule has 0 aromatic heterocycles. The van der Waals surface area contributed by atoms with E-state index < -0.39 is 25.4 Å². The van der Waals surface area contributed by atoms with E-state index in [-0.39, 0.29) is 0 Å². The fraction of sp³-hybridized carbons (Fsp3) is 0.714. The molecular weight excluding hydrogens is 116 g/mol. The van der Waals surface area contributed by atoms with Crippen molar-refractivity contribution in [3.8, 4) is 12.3 Å². The maximum absolute atomic E-state index is 9.59. The lowest BCUT2D eigenvalue weighted by Gasteiger charge is -2.17. The van der Waals surface area contributed by atoms with E-state index in [1.165, 1.54) is 7.11 Å². The average molecular weight is 133 g/mol. The number of hydrogen-bond donors (Lipinski definition) is 1. The van der Waals surface area contributed by atoms with Gasteiger partial charge >= 0.3 is 0 Å². The molecule has 0 aromatic rings. The quantitative estimate of drug-likeness (QED) is 0.565. The Balaban J connectivity index is 5.14. The minimum Gasteiger partial charge on any atom is -0.381 e. The normalized spacial score (nSPS) is 27.4. The summed E-state index contributed by atoms with van der Waals surface area (Å²) in [5, 5.41) is 9.59. The molecule has 0 aromatic carbocycles. The van der Waals surface area contributed by atoms with Crippen LogP contribution in [-0.2, 0) is 4.74 Å². The number of methoxy groups -OCH3 is 1. The van der Waals surface area contributed by atoms with E-state index in [1.54, 1.807) is 5.92 Å². The van der Waals surface area contributed by atoms with Gasteiger partial charge in [-0.15, -0.1) is 6.42 Å². The molecule has 0 amide bonds. The molecule has 2 nitrogen and oxygen atoms in total. The van der Waals surface area contributed by atoms with Crippen LogP contribution in [0.15, 0.2) is 0 Å². The highest BCUT2D eigenvalue weighted by molar-refractivity contribution is 5.06. The summed E-state index contributed by atoms with van der Waals surface area (Å²) in [7, 11) is 1.19. The van der Waals surface area contributed by atoms with Gasteiger partial charge in [0.05, 0.1) is 6.61 Å². The molecule has 52 valence electrons. The zero-order valence-electron chi connectivity index (χ0n) is 10.1. The maximum atomic E-state index is 9.59. The largest absolute Gasteiger partial charge is 0.381 e. The van der Waals surface area contributed by atoms with Crippen molar-refractivity contribution in [2.45, 2.75) is 18.8 Å². The molecule has 1 atom stereocenters. The lowest BCUT2D eigenvalue weighted by molar-refractivity contribution is 0.0112. The van der Waals surface area contributed by atoms with Crippen molar-refractivity contribution in [1.29, 1.82) is 0 Å². The van der Waals surface area contributed by atoms with Crippen LogP contribution in [0.2, 0.25) is 0 Å². The van der Waals surface area contributed by atoms with Gasteiger partial charge in [-0.25, -0.2) is 0 Å². The van der Waals surface area contributed by atoms with Crippen molar-refractivity contribution >= 4 is 0 Å². The van der Waals surface area contributed by atoms with E-state index >= 15 is 0 Å². The van der Waals surface area contributed by atoms with E-state index in [9.17, 15) is 5.11 Å². The monoisotopic (exact) mass is 133 g/mol. The van der Waals surface area contributed by atoms with Crippen LogP contribution in [0, 0.1) is 12.3 Å². The highest BCUT2D eigenvalue weighted by Crippen LogP contribution is 2.07. The lowest BCUT2D eigenvalue weighted by atomic mass is 10.0. The Morgan fingerprint density at radius 1 is 2.11 bits per heavy atom. The molecule has 0 aliphatic carbocycles. The topological polar surface area (TPSA) is 29.5 Å². The summed E-state index contributed by atoms with van der Waals surface area (Å²) in [4.78, 5) is 0. The van der Waals surface area contributed by atoms with Gasteiger partial charge in [-0.3, -0.25) is 0 Å². The molecular formula is C7H12O2. The number of ether oxygens (including phenoxy) is 1. The number of aliphatic hydroxyl groups is 1. The van der Waals surface area contributed by atoms with E-state index in [1.807, 2.05) is 0 Å². The number of terminal acetylenes is 1. The van der Waals surface area contributed by atoms with Crippen molar-refractivity contribution in [3.05, 3.63) is 0 Å². The second-order valence-corrected chi connectivity index (χ2v) is 1.56. The summed E-state index contributed by atoms with van der Waals surface area (Å²) in [6, 6.07) is 0. The van der Waals surface area contributed by atoms with Crippen molar-refractivity contribution in [3.63, 3.8) is 0 Å². The summed E-state index contributed by atoms with van der Waals surface area (Å²) < 4.78 is 39.8. The first-order valence-corrected chi connectivity index (χ1v) is 2.31. The minimum absolute atomic E-state index is 0.575. The van der Waals surface area contributed by atoms with Gasteiger partial charge < -0.3 is 9.84 Å². The van der Waals surface area contributed by atoms with Crippen molar-refractivity contribution in [2.24, 2.45) is 0 Å². The standard InChI is InChI=1S/C7H12O2/c1-4-7(8,5-2)6-9-3/h1,8H,5-6H2,2-3H3/i2D3,5D2. The Hall–Kier alpha value is -0.520. The summed E-state index contributed by atoms with van der Waals surface area (Å²) in [6.07, 6.45) is 1.99. The van der Waals surface area contributed by atoms with E-state index in [2.05, 4.69) is 4.74 Å². The zero-order chi connectivity index (χ0) is 11.6. The van der Waals surface area contributed by atoms with Crippen molar-refractivity contribution in [2.75, 3.05) is 13.7 Å². The summed E-state index contributed by atoms with van der Waals surface area (Å²) in [6.45, 7) is -3.58. The average Bonchev–Trinajstić information content (AvgIpc) is 2.02. The number of hydrogen-bond acceptors (Lipinski definition) is 2. The lowest BCUT2D eigenvalue weighted by Crippen LogP contribution is -2.30. The molecule has 0 fully saturated rings. The van der Waals surface area contributed by atoms with E-state index in [0.717, 1.165) is 0 Å². The van der Waals surface area contributed by atoms with Crippen LogP contribution in [0.1, 0.15) is 20.1 Å². The van der Waals surface area contributed by atoms with Gasteiger partial charge in [-0.1, -0.05) is 12.8 Å². The Kier molecular flexibility index (Phi) is 1.18. The molecule has 0 heterocycles. The van der Waals surface area contributed by atoms with Crippen LogP contribution in [0.5, 0.6) is 0 Å². The maximum Gasteiger partial charge on any atom is 0.148 e. The third kappa shape index (κ3) is 2.50. The first kappa shape index (κ1) is 3.05. The van der Waals surface area contributed by atoms with Crippen LogP contribution >= 0.6 is 0 Å². The zero-order valence-corrected chi connectivity index (χ0v) is 5.14. The van der Waals surface area contributed by atoms with Crippen LogP contribution < -0.4 is 0 Å². The fourth-order valence-corrected chi connectivity index (χ4v) is 0.323. The first-order chi connectivity index (χ1) is 6.12. The van der Waals surface area contributed by atoms with Crippen LogP contribution in [0.4, 0.5) is 0 Å². The highest BCUT2D eigenvalue weighted by Gasteiger charge is 2.19. The SMILES string of the molecule is [2H]C([2H])([2H])C([2H])([2H])C(O)(C#C)COC. The van der Waals surface area contributed by atoms with Crippen molar-refractivity contribution in [1.82, 2.24) is 0 Å². The minimum atomic E-state index is -3.01. The Morgan fingerprint density at radius 3 is 3.11 bits per heavy atom. The molecule has 1 N–H and O–H groups in total. The Morgan fingerprint density at radius 2 is 2.78 bits per heavy atom. The first-order valence-electron chi connectivity index (χ1n) is 4.81. The molecule has 2 heteroatoms. The molecule has 1 unspecified atom stereocenters. The molecule has 9 heavy (non-hydrogen) atoms. The van der Waals surface area contributed by atoms with Gasteiger partial charge in [0.15, 0.2) is 0 Å². The van der Waals surface area contributed by atoms with Crippen molar-refractivity contribution < 1.29 is 16.7 Å². The predicted molar refractivity (Wildman–Crippen MR) is 35.9 cm³/mol. The van der Waals surface area contributed by atoms with E-state index in [0.29, 0.717) is 0 Å². The highest BCUT2D eigenvalue weighted by atomic mass is 16.5. The van der Waals surface area contributed by atoms with Gasteiger partial charge in [0.2, 0.25) is 0 Å². The Labute approximate surface area is 62.9 Å². The van der Waals surface area contributed by atoms with Gasteiger partial charge in [-0.05, 0) is 6.37 Å². The third-order valence-electron chi connectivity index (χ3n) is 0.799. The van der Waals surface area contributed by atoms with Crippen LogP contribution in [0.3, 0.4) is 0 Å². The molecule has 0 bridgehead atoms.